The van der Waals surface area contributed by atoms with Crippen molar-refractivity contribution in [3.05, 3.63) is 35.9 Å². The lowest BCUT2D eigenvalue weighted by Crippen LogP contribution is -2.37. The molecule has 0 aromatic heterocycles. The van der Waals surface area contributed by atoms with Crippen molar-refractivity contribution >= 4 is 18.0 Å². The van der Waals surface area contributed by atoms with Crippen molar-refractivity contribution in [1.82, 2.24) is 9.80 Å². The largest absolute Gasteiger partial charge is 0.494 e. The second kappa shape index (κ2) is 12.1. The topological polar surface area (TPSA) is 59.1 Å². The summed E-state index contributed by atoms with van der Waals surface area (Å²) in [6, 6.07) is 7.55. The smallest absolute Gasteiger partial charge is 0.307 e. The number of carbonyl (C=O) groups is 2. The molecule has 0 unspecified atom stereocenters. The number of amides is 1. The van der Waals surface area contributed by atoms with E-state index < -0.39 is 0 Å². The van der Waals surface area contributed by atoms with E-state index >= 15 is 0 Å². The van der Waals surface area contributed by atoms with Crippen molar-refractivity contribution in [2.75, 3.05) is 46.9 Å². The highest BCUT2D eigenvalue weighted by Crippen LogP contribution is 2.13. The van der Waals surface area contributed by atoms with Gasteiger partial charge in [0.1, 0.15) is 5.75 Å². The Hall–Kier alpha value is -2.34. The lowest BCUT2D eigenvalue weighted by Gasteiger charge is -2.22. The Kier molecular flexibility index (Phi) is 10.1. The van der Waals surface area contributed by atoms with Gasteiger partial charge < -0.3 is 19.3 Å². The van der Waals surface area contributed by atoms with E-state index in [2.05, 4.69) is 0 Å². The van der Waals surface area contributed by atoms with E-state index in [1.807, 2.05) is 50.2 Å². The lowest BCUT2D eigenvalue weighted by atomic mass is 10.2. The number of carbonyl (C=O) groups excluding carboxylic acids is 2. The summed E-state index contributed by atoms with van der Waals surface area (Å²) in [5, 5.41) is 0. The number of esters is 1. The summed E-state index contributed by atoms with van der Waals surface area (Å²) in [4.78, 5) is 27.8. The number of benzene rings is 1. The van der Waals surface area contributed by atoms with Crippen LogP contribution in [0.15, 0.2) is 30.3 Å². The first-order valence-electron chi connectivity index (χ1n) is 8.96. The number of rotatable bonds is 11. The molecule has 0 aliphatic rings. The average Bonchev–Trinajstić information content (AvgIpc) is 2.61. The van der Waals surface area contributed by atoms with Crippen LogP contribution in [0.25, 0.3) is 6.08 Å². The molecule has 6 nitrogen and oxygen atoms in total. The van der Waals surface area contributed by atoms with Crippen LogP contribution in [0.3, 0.4) is 0 Å². The van der Waals surface area contributed by atoms with Crippen LogP contribution < -0.4 is 4.74 Å². The fraction of sp³-hybridized carbons (Fsp3) is 0.500. The quantitative estimate of drug-likeness (QED) is 0.447. The first kappa shape index (κ1) is 21.7. The Labute approximate surface area is 156 Å². The van der Waals surface area contributed by atoms with E-state index in [4.69, 9.17) is 9.47 Å². The number of ether oxygens (including phenoxy) is 2. The Balaban J connectivity index is 2.68. The zero-order chi connectivity index (χ0) is 19.4. The molecular weight excluding hydrogens is 332 g/mol. The summed E-state index contributed by atoms with van der Waals surface area (Å²) in [7, 11) is 3.90. The molecule has 1 aromatic rings. The van der Waals surface area contributed by atoms with Crippen molar-refractivity contribution in [1.29, 1.82) is 0 Å². The first-order valence-corrected chi connectivity index (χ1v) is 8.96. The summed E-state index contributed by atoms with van der Waals surface area (Å²) in [6.45, 7) is 6.30. The SMILES string of the molecule is CCOC(=O)CCN(CCN(C)C)C(=O)/C=C/c1ccc(OCC)cc1. The van der Waals surface area contributed by atoms with Crippen LogP contribution in [-0.2, 0) is 14.3 Å². The van der Waals surface area contributed by atoms with Gasteiger partial charge in [-0.25, -0.2) is 0 Å². The van der Waals surface area contributed by atoms with Crippen molar-refractivity contribution in [2.45, 2.75) is 20.3 Å². The van der Waals surface area contributed by atoms with Gasteiger partial charge in [0, 0.05) is 25.7 Å². The maximum absolute atomic E-state index is 12.5. The molecule has 0 aliphatic carbocycles. The lowest BCUT2D eigenvalue weighted by molar-refractivity contribution is -0.143. The molecule has 0 aliphatic heterocycles. The van der Waals surface area contributed by atoms with Gasteiger partial charge >= 0.3 is 5.97 Å². The van der Waals surface area contributed by atoms with Gasteiger partial charge in [0.25, 0.3) is 0 Å². The van der Waals surface area contributed by atoms with Gasteiger partial charge in [-0.15, -0.1) is 0 Å². The molecule has 144 valence electrons. The Morgan fingerprint density at radius 2 is 1.69 bits per heavy atom. The molecular formula is C20H30N2O4. The molecule has 0 saturated heterocycles. The minimum atomic E-state index is -0.286. The highest BCUT2D eigenvalue weighted by atomic mass is 16.5. The zero-order valence-electron chi connectivity index (χ0n) is 16.2. The molecule has 0 saturated carbocycles. The van der Waals surface area contributed by atoms with E-state index in [1.54, 1.807) is 17.9 Å². The van der Waals surface area contributed by atoms with Gasteiger partial charge in [0.2, 0.25) is 5.91 Å². The van der Waals surface area contributed by atoms with Crippen LogP contribution in [0.5, 0.6) is 5.75 Å². The number of hydrogen-bond donors (Lipinski definition) is 0. The molecule has 0 N–H and O–H groups in total. The Morgan fingerprint density at radius 1 is 1.00 bits per heavy atom. The van der Waals surface area contributed by atoms with Crippen LogP contribution >= 0.6 is 0 Å². The second-order valence-electron chi connectivity index (χ2n) is 6.02. The predicted octanol–water partition coefficient (Wildman–Crippen LogP) is 2.44. The highest BCUT2D eigenvalue weighted by molar-refractivity contribution is 5.92. The summed E-state index contributed by atoms with van der Waals surface area (Å²) < 4.78 is 10.3. The highest BCUT2D eigenvalue weighted by Gasteiger charge is 2.13. The third-order valence-electron chi connectivity index (χ3n) is 3.63. The van der Waals surface area contributed by atoms with E-state index in [0.717, 1.165) is 17.9 Å². The molecule has 1 aromatic carbocycles. The molecule has 0 fully saturated rings. The maximum Gasteiger partial charge on any atom is 0.307 e. The van der Waals surface area contributed by atoms with Gasteiger partial charge in [-0.3, -0.25) is 9.59 Å². The third kappa shape index (κ3) is 8.67. The summed E-state index contributed by atoms with van der Waals surface area (Å²) in [5.74, 6) is 0.397. The fourth-order valence-electron chi connectivity index (χ4n) is 2.23. The summed E-state index contributed by atoms with van der Waals surface area (Å²) >= 11 is 0. The van der Waals surface area contributed by atoms with Crippen molar-refractivity contribution in [3.63, 3.8) is 0 Å². The average molecular weight is 362 g/mol. The number of likely N-dealkylation sites (N-methyl/N-ethyl adjacent to an activating group) is 1. The minimum absolute atomic E-state index is 0.120. The van der Waals surface area contributed by atoms with Gasteiger partial charge in [-0.05, 0) is 51.7 Å². The fourth-order valence-corrected chi connectivity index (χ4v) is 2.23. The molecule has 26 heavy (non-hydrogen) atoms. The normalized spacial score (nSPS) is 11.0. The van der Waals surface area contributed by atoms with Gasteiger partial charge in [-0.1, -0.05) is 12.1 Å². The Morgan fingerprint density at radius 3 is 2.27 bits per heavy atom. The van der Waals surface area contributed by atoms with Gasteiger partial charge in [0.15, 0.2) is 0 Å². The first-order chi connectivity index (χ1) is 12.5. The van der Waals surface area contributed by atoms with E-state index in [0.29, 0.717) is 26.3 Å². The van der Waals surface area contributed by atoms with Crippen molar-refractivity contribution in [3.8, 4) is 5.75 Å². The molecule has 1 amide bonds. The van der Waals surface area contributed by atoms with Gasteiger partial charge in [0.05, 0.1) is 19.6 Å². The monoisotopic (exact) mass is 362 g/mol. The molecule has 1 rings (SSSR count). The van der Waals surface area contributed by atoms with E-state index in [9.17, 15) is 9.59 Å². The second-order valence-corrected chi connectivity index (χ2v) is 6.02. The van der Waals surface area contributed by atoms with Crippen LogP contribution in [0.1, 0.15) is 25.8 Å². The van der Waals surface area contributed by atoms with Crippen LogP contribution in [0, 0.1) is 0 Å². The molecule has 0 heterocycles. The van der Waals surface area contributed by atoms with Crippen molar-refractivity contribution < 1.29 is 19.1 Å². The molecule has 0 radical (unpaired) electrons. The van der Waals surface area contributed by atoms with Crippen LogP contribution in [-0.4, -0.2) is 68.6 Å². The number of nitrogens with zero attached hydrogens (tertiary/aromatic N) is 2. The Bertz CT molecular complexity index is 582. The maximum atomic E-state index is 12.5. The molecule has 0 atom stereocenters. The zero-order valence-corrected chi connectivity index (χ0v) is 16.2. The van der Waals surface area contributed by atoms with Gasteiger partial charge in [-0.2, -0.15) is 0 Å². The van der Waals surface area contributed by atoms with Crippen molar-refractivity contribution in [2.24, 2.45) is 0 Å². The molecule has 6 heteroatoms. The van der Waals surface area contributed by atoms with E-state index in [-0.39, 0.29) is 18.3 Å². The third-order valence-corrected chi connectivity index (χ3v) is 3.63. The van der Waals surface area contributed by atoms with Crippen LogP contribution in [0.4, 0.5) is 0 Å². The molecule has 0 spiro atoms. The minimum Gasteiger partial charge on any atom is -0.494 e. The standard InChI is InChI=1S/C20H30N2O4/c1-5-25-18-10-7-17(8-11-18)9-12-19(23)22(16-15-21(3)4)14-13-20(24)26-6-2/h7-12H,5-6,13-16H2,1-4H3/b12-9+. The summed E-state index contributed by atoms with van der Waals surface area (Å²) in [6.07, 6.45) is 3.51. The summed E-state index contributed by atoms with van der Waals surface area (Å²) in [5.41, 5.74) is 0.916. The van der Waals surface area contributed by atoms with Crippen LogP contribution in [0.2, 0.25) is 0 Å². The van der Waals surface area contributed by atoms with E-state index in [1.165, 1.54) is 6.08 Å². The molecule has 0 bridgehead atoms. The number of hydrogen-bond acceptors (Lipinski definition) is 5. The predicted molar refractivity (Wildman–Crippen MR) is 103 cm³/mol.